The van der Waals surface area contributed by atoms with E-state index < -0.39 is 0 Å². The lowest BCUT2D eigenvalue weighted by Gasteiger charge is -2.16. The Labute approximate surface area is 79.5 Å². The van der Waals surface area contributed by atoms with Crippen LogP contribution in [0.3, 0.4) is 0 Å². The van der Waals surface area contributed by atoms with Crippen molar-refractivity contribution in [2.75, 3.05) is 33.9 Å². The first-order valence-electron chi connectivity index (χ1n) is 4.56. The van der Waals surface area contributed by atoms with Crippen LogP contribution >= 0.6 is 0 Å². The molecular weight excluding hydrogens is 170 g/mol. The van der Waals surface area contributed by atoms with Crippen molar-refractivity contribution in [3.8, 4) is 0 Å². The van der Waals surface area contributed by atoms with Gasteiger partial charge >= 0.3 is 0 Å². The predicted octanol–water partition coefficient (Wildman–Crippen LogP) is 0.254. The van der Waals surface area contributed by atoms with E-state index in [1.165, 1.54) is 7.11 Å². The Kier molecular flexibility index (Phi) is 7.63. The van der Waals surface area contributed by atoms with Gasteiger partial charge in [-0.1, -0.05) is 0 Å². The van der Waals surface area contributed by atoms with E-state index in [1.54, 1.807) is 11.9 Å². The van der Waals surface area contributed by atoms with Crippen molar-refractivity contribution in [2.45, 2.75) is 19.3 Å². The molecule has 78 valence electrons. The molecule has 0 aromatic carbocycles. The van der Waals surface area contributed by atoms with Gasteiger partial charge in [-0.15, -0.1) is 0 Å². The molecule has 0 aliphatic heterocycles. The number of hydrogen-bond acceptors (Lipinski definition) is 3. The number of nitrogens with zero attached hydrogens (tertiary/aromatic N) is 1. The predicted molar refractivity (Wildman–Crippen MR) is 50.4 cm³/mol. The second-order valence-corrected chi connectivity index (χ2v) is 3.03. The smallest absolute Gasteiger partial charge is 0.248 e. The van der Waals surface area contributed by atoms with Gasteiger partial charge in [0.1, 0.15) is 6.61 Å². The van der Waals surface area contributed by atoms with E-state index in [1.807, 2.05) is 0 Å². The molecule has 0 aromatic rings. The van der Waals surface area contributed by atoms with E-state index in [0.29, 0.717) is 0 Å². The number of carbonyl (C=O) groups excluding carboxylic acids is 1. The Balaban J connectivity index is 3.38. The number of amides is 1. The van der Waals surface area contributed by atoms with Gasteiger partial charge in [-0.05, 0) is 19.3 Å². The van der Waals surface area contributed by atoms with E-state index in [0.717, 1.165) is 25.8 Å². The van der Waals surface area contributed by atoms with Crippen LogP contribution in [-0.2, 0) is 9.53 Å². The Hall–Kier alpha value is -0.610. The van der Waals surface area contributed by atoms with Gasteiger partial charge in [0, 0.05) is 27.3 Å². The molecule has 0 rings (SSSR count). The summed E-state index contributed by atoms with van der Waals surface area (Å²) in [5, 5.41) is 8.52. The van der Waals surface area contributed by atoms with Gasteiger partial charge in [0.05, 0.1) is 0 Å². The summed E-state index contributed by atoms with van der Waals surface area (Å²) in [5.41, 5.74) is 0. The third-order valence-corrected chi connectivity index (χ3v) is 1.85. The monoisotopic (exact) mass is 189 g/mol. The molecule has 0 aliphatic rings. The first-order valence-corrected chi connectivity index (χ1v) is 4.56. The van der Waals surface area contributed by atoms with Gasteiger partial charge in [-0.25, -0.2) is 0 Å². The maximum Gasteiger partial charge on any atom is 0.248 e. The lowest BCUT2D eigenvalue weighted by molar-refractivity contribution is -0.133. The topological polar surface area (TPSA) is 49.8 Å². The SMILES string of the molecule is COCC(=O)N(C)CCCCCO. The maximum absolute atomic E-state index is 11.2. The molecule has 0 spiro atoms. The molecule has 4 heteroatoms. The number of likely N-dealkylation sites (N-methyl/N-ethyl adjacent to an activating group) is 1. The van der Waals surface area contributed by atoms with Crippen LogP contribution in [0.5, 0.6) is 0 Å². The zero-order valence-electron chi connectivity index (χ0n) is 8.45. The zero-order chi connectivity index (χ0) is 10.1. The number of aliphatic hydroxyl groups is 1. The summed E-state index contributed by atoms with van der Waals surface area (Å²) in [6.45, 7) is 1.12. The minimum atomic E-state index is 0.00602. The highest BCUT2D eigenvalue weighted by atomic mass is 16.5. The van der Waals surface area contributed by atoms with Gasteiger partial charge in [0.2, 0.25) is 5.91 Å². The highest BCUT2D eigenvalue weighted by Crippen LogP contribution is 1.96. The Morgan fingerprint density at radius 3 is 2.62 bits per heavy atom. The number of carbonyl (C=O) groups is 1. The number of aliphatic hydroxyl groups excluding tert-OH is 1. The van der Waals surface area contributed by atoms with Crippen LogP contribution in [0.1, 0.15) is 19.3 Å². The summed E-state index contributed by atoms with van der Waals surface area (Å²) in [7, 11) is 3.28. The number of unbranched alkanes of at least 4 members (excludes halogenated alkanes) is 2. The fraction of sp³-hybridized carbons (Fsp3) is 0.889. The molecule has 1 N–H and O–H groups in total. The van der Waals surface area contributed by atoms with Gasteiger partial charge < -0.3 is 14.7 Å². The summed E-state index contributed by atoms with van der Waals surface area (Å²) >= 11 is 0. The van der Waals surface area contributed by atoms with Crippen molar-refractivity contribution in [2.24, 2.45) is 0 Å². The number of methoxy groups -OCH3 is 1. The van der Waals surface area contributed by atoms with E-state index in [9.17, 15) is 4.79 Å². The van der Waals surface area contributed by atoms with Gasteiger partial charge in [-0.2, -0.15) is 0 Å². The molecule has 0 fully saturated rings. The fourth-order valence-electron chi connectivity index (χ4n) is 0.996. The largest absolute Gasteiger partial charge is 0.396 e. The Bertz CT molecular complexity index is 139. The summed E-state index contributed by atoms with van der Waals surface area (Å²) in [6.07, 6.45) is 2.71. The molecule has 0 atom stereocenters. The van der Waals surface area contributed by atoms with Crippen molar-refractivity contribution < 1.29 is 14.6 Å². The van der Waals surface area contributed by atoms with Gasteiger partial charge in [0.15, 0.2) is 0 Å². The number of rotatable bonds is 7. The lowest BCUT2D eigenvalue weighted by atomic mass is 10.2. The minimum absolute atomic E-state index is 0.00602. The molecule has 0 heterocycles. The first-order chi connectivity index (χ1) is 6.22. The molecule has 0 saturated carbocycles. The average Bonchev–Trinajstić information content (AvgIpc) is 2.12. The molecule has 0 radical (unpaired) electrons. The third-order valence-electron chi connectivity index (χ3n) is 1.85. The minimum Gasteiger partial charge on any atom is -0.396 e. The van der Waals surface area contributed by atoms with Crippen LogP contribution in [-0.4, -0.2) is 49.8 Å². The first kappa shape index (κ1) is 12.4. The van der Waals surface area contributed by atoms with Crippen LogP contribution in [0.15, 0.2) is 0 Å². The standard InChI is InChI=1S/C9H19NO3/c1-10(9(12)8-13-2)6-4-3-5-7-11/h11H,3-8H2,1-2H3. The van der Waals surface area contributed by atoms with Crippen molar-refractivity contribution in [3.05, 3.63) is 0 Å². The summed E-state index contributed by atoms with van der Waals surface area (Å²) in [6, 6.07) is 0. The van der Waals surface area contributed by atoms with E-state index >= 15 is 0 Å². The Morgan fingerprint density at radius 2 is 2.08 bits per heavy atom. The highest BCUT2D eigenvalue weighted by molar-refractivity contribution is 5.77. The molecular formula is C9H19NO3. The van der Waals surface area contributed by atoms with Gasteiger partial charge in [0.25, 0.3) is 0 Å². The zero-order valence-corrected chi connectivity index (χ0v) is 8.45. The molecule has 0 aromatic heterocycles. The van der Waals surface area contributed by atoms with Crippen molar-refractivity contribution in [1.29, 1.82) is 0 Å². The van der Waals surface area contributed by atoms with Crippen molar-refractivity contribution in [3.63, 3.8) is 0 Å². The summed E-state index contributed by atoms with van der Waals surface area (Å²) in [4.78, 5) is 12.8. The normalized spacial score (nSPS) is 10.1. The third kappa shape index (κ3) is 6.54. The second-order valence-electron chi connectivity index (χ2n) is 3.03. The Morgan fingerprint density at radius 1 is 1.38 bits per heavy atom. The molecule has 1 amide bonds. The molecule has 0 aliphatic carbocycles. The van der Waals surface area contributed by atoms with Gasteiger partial charge in [-0.3, -0.25) is 4.79 Å². The summed E-state index contributed by atoms with van der Waals surface area (Å²) < 4.78 is 4.72. The number of ether oxygens (including phenoxy) is 1. The summed E-state index contributed by atoms with van der Waals surface area (Å²) in [5.74, 6) is 0.00602. The highest BCUT2D eigenvalue weighted by Gasteiger charge is 2.06. The number of hydrogen-bond donors (Lipinski definition) is 1. The fourth-order valence-corrected chi connectivity index (χ4v) is 0.996. The molecule has 0 bridgehead atoms. The van der Waals surface area contributed by atoms with E-state index in [2.05, 4.69) is 0 Å². The molecule has 4 nitrogen and oxygen atoms in total. The van der Waals surface area contributed by atoms with E-state index in [4.69, 9.17) is 9.84 Å². The van der Waals surface area contributed by atoms with Crippen LogP contribution < -0.4 is 0 Å². The van der Waals surface area contributed by atoms with Crippen LogP contribution in [0.25, 0.3) is 0 Å². The van der Waals surface area contributed by atoms with Crippen LogP contribution in [0.4, 0.5) is 0 Å². The lowest BCUT2D eigenvalue weighted by Crippen LogP contribution is -2.30. The van der Waals surface area contributed by atoms with E-state index in [-0.39, 0.29) is 19.1 Å². The maximum atomic E-state index is 11.2. The molecule has 0 saturated heterocycles. The average molecular weight is 189 g/mol. The van der Waals surface area contributed by atoms with Crippen molar-refractivity contribution in [1.82, 2.24) is 4.90 Å². The van der Waals surface area contributed by atoms with Crippen molar-refractivity contribution >= 4 is 5.91 Å². The quantitative estimate of drug-likeness (QED) is 0.584. The van der Waals surface area contributed by atoms with Crippen LogP contribution in [0.2, 0.25) is 0 Å². The molecule has 13 heavy (non-hydrogen) atoms. The molecule has 0 unspecified atom stereocenters. The van der Waals surface area contributed by atoms with Crippen LogP contribution in [0, 0.1) is 0 Å². The second kappa shape index (κ2) is 8.01.